The highest BCUT2D eigenvalue weighted by molar-refractivity contribution is 5.29. The Bertz CT molecular complexity index is 439. The number of nitrogens with zero attached hydrogens (tertiary/aromatic N) is 1. The molecule has 1 saturated carbocycles. The number of nitrogens with one attached hydrogen (secondary N) is 1. The molecule has 19 heavy (non-hydrogen) atoms. The van der Waals surface area contributed by atoms with E-state index in [1.165, 1.54) is 18.9 Å². The second-order valence-electron chi connectivity index (χ2n) is 5.81. The summed E-state index contributed by atoms with van der Waals surface area (Å²) in [4.78, 5) is 2.27. The average Bonchev–Trinajstić information content (AvgIpc) is 2.85. The molecule has 0 amide bonds. The van der Waals surface area contributed by atoms with E-state index >= 15 is 0 Å². The van der Waals surface area contributed by atoms with Gasteiger partial charge in [0.25, 0.3) is 0 Å². The van der Waals surface area contributed by atoms with Crippen LogP contribution in [0.5, 0.6) is 0 Å². The minimum atomic E-state index is -0.162. The molecule has 0 heterocycles. The van der Waals surface area contributed by atoms with Crippen LogP contribution in [0.1, 0.15) is 42.9 Å². The van der Waals surface area contributed by atoms with Crippen molar-refractivity contribution in [3.63, 3.8) is 0 Å². The van der Waals surface area contributed by atoms with Crippen molar-refractivity contribution < 1.29 is 4.39 Å². The standard InChI is InChI=1S/C15H24FN3/c1-11-10-12(6-7-13(11)16)14(18-17)15(19(2)3)8-4-5-9-15/h6-7,10,14,18H,4-5,8-9,17H2,1-3H3. The van der Waals surface area contributed by atoms with Gasteiger partial charge < -0.3 is 4.90 Å². The van der Waals surface area contributed by atoms with E-state index in [0.717, 1.165) is 18.4 Å². The van der Waals surface area contributed by atoms with E-state index in [-0.39, 0.29) is 17.4 Å². The SMILES string of the molecule is Cc1cc(C(NN)C2(N(C)C)CCCC2)ccc1F. The molecule has 3 nitrogen and oxygen atoms in total. The first-order valence-electron chi connectivity index (χ1n) is 6.91. The minimum absolute atomic E-state index is 0.0268. The largest absolute Gasteiger partial charge is 0.302 e. The van der Waals surface area contributed by atoms with Gasteiger partial charge in [-0.15, -0.1) is 0 Å². The van der Waals surface area contributed by atoms with Crippen molar-refractivity contribution in [3.05, 3.63) is 35.1 Å². The van der Waals surface area contributed by atoms with Gasteiger partial charge in [-0.05, 0) is 51.1 Å². The summed E-state index contributed by atoms with van der Waals surface area (Å²) in [6.07, 6.45) is 4.67. The number of aryl methyl sites for hydroxylation is 1. The van der Waals surface area contributed by atoms with Crippen molar-refractivity contribution in [2.75, 3.05) is 14.1 Å². The van der Waals surface area contributed by atoms with Crippen molar-refractivity contribution >= 4 is 0 Å². The molecule has 1 aromatic rings. The maximum absolute atomic E-state index is 13.4. The van der Waals surface area contributed by atoms with Crippen molar-refractivity contribution in [1.82, 2.24) is 10.3 Å². The molecule has 1 aromatic carbocycles. The molecular formula is C15H24FN3. The van der Waals surface area contributed by atoms with Gasteiger partial charge in [0, 0.05) is 5.54 Å². The molecule has 2 rings (SSSR count). The average molecular weight is 265 g/mol. The first-order chi connectivity index (χ1) is 9.01. The summed E-state index contributed by atoms with van der Waals surface area (Å²) < 4.78 is 13.4. The second kappa shape index (κ2) is 5.57. The predicted molar refractivity (Wildman–Crippen MR) is 76.1 cm³/mol. The van der Waals surface area contributed by atoms with E-state index < -0.39 is 0 Å². The third-order valence-electron chi connectivity index (χ3n) is 4.58. The fraction of sp³-hybridized carbons (Fsp3) is 0.600. The molecule has 0 aliphatic heterocycles. The zero-order chi connectivity index (χ0) is 14.0. The van der Waals surface area contributed by atoms with Crippen LogP contribution in [0.15, 0.2) is 18.2 Å². The minimum Gasteiger partial charge on any atom is -0.302 e. The summed E-state index contributed by atoms with van der Waals surface area (Å²) in [5.74, 6) is 5.66. The molecular weight excluding hydrogens is 241 g/mol. The molecule has 1 atom stereocenters. The number of rotatable bonds is 4. The van der Waals surface area contributed by atoms with E-state index in [1.807, 2.05) is 12.1 Å². The van der Waals surface area contributed by atoms with Crippen LogP contribution in [0.25, 0.3) is 0 Å². The maximum atomic E-state index is 13.4. The van der Waals surface area contributed by atoms with Gasteiger partial charge in [-0.1, -0.05) is 25.0 Å². The highest BCUT2D eigenvalue weighted by Gasteiger charge is 2.43. The summed E-state index contributed by atoms with van der Waals surface area (Å²) >= 11 is 0. The molecule has 3 N–H and O–H groups in total. The molecule has 106 valence electrons. The Hall–Kier alpha value is -0.970. The lowest BCUT2D eigenvalue weighted by atomic mass is 9.82. The summed E-state index contributed by atoms with van der Waals surface area (Å²) in [5.41, 5.74) is 4.73. The number of hydrogen-bond donors (Lipinski definition) is 2. The molecule has 1 aliphatic carbocycles. The molecule has 1 fully saturated rings. The smallest absolute Gasteiger partial charge is 0.126 e. The predicted octanol–water partition coefficient (Wildman–Crippen LogP) is 2.51. The van der Waals surface area contributed by atoms with Crippen LogP contribution in [0.2, 0.25) is 0 Å². The Balaban J connectivity index is 2.40. The molecule has 1 unspecified atom stereocenters. The lowest BCUT2D eigenvalue weighted by Crippen LogP contribution is -2.53. The zero-order valence-corrected chi connectivity index (χ0v) is 12.0. The molecule has 0 aromatic heterocycles. The van der Waals surface area contributed by atoms with Gasteiger partial charge >= 0.3 is 0 Å². The lowest BCUT2D eigenvalue weighted by molar-refractivity contribution is 0.105. The van der Waals surface area contributed by atoms with Gasteiger partial charge in [-0.2, -0.15) is 0 Å². The van der Waals surface area contributed by atoms with Gasteiger partial charge in [0.1, 0.15) is 5.82 Å². The Morgan fingerprint density at radius 1 is 1.32 bits per heavy atom. The van der Waals surface area contributed by atoms with E-state index in [2.05, 4.69) is 24.4 Å². The lowest BCUT2D eigenvalue weighted by Gasteiger charge is -2.43. The fourth-order valence-electron chi connectivity index (χ4n) is 3.39. The summed E-state index contributed by atoms with van der Waals surface area (Å²) in [6, 6.07) is 5.32. The molecule has 0 spiro atoms. The van der Waals surface area contributed by atoms with Crippen molar-refractivity contribution in [3.8, 4) is 0 Å². The molecule has 4 heteroatoms. The topological polar surface area (TPSA) is 41.3 Å². The van der Waals surface area contributed by atoms with E-state index in [9.17, 15) is 4.39 Å². The quantitative estimate of drug-likeness (QED) is 0.649. The van der Waals surface area contributed by atoms with Gasteiger partial charge in [-0.3, -0.25) is 11.3 Å². The summed E-state index contributed by atoms with van der Waals surface area (Å²) in [6.45, 7) is 1.80. The molecule has 1 aliphatic rings. The van der Waals surface area contributed by atoms with Crippen molar-refractivity contribution in [2.45, 2.75) is 44.2 Å². The Labute approximate surface area is 114 Å². The summed E-state index contributed by atoms with van der Waals surface area (Å²) in [7, 11) is 4.21. The third kappa shape index (κ3) is 2.53. The number of nitrogens with two attached hydrogens (primary N) is 1. The third-order valence-corrected chi connectivity index (χ3v) is 4.58. The highest BCUT2D eigenvalue weighted by atomic mass is 19.1. The molecule has 0 bridgehead atoms. The van der Waals surface area contributed by atoms with E-state index in [4.69, 9.17) is 5.84 Å². The van der Waals surface area contributed by atoms with Crippen LogP contribution < -0.4 is 11.3 Å². The maximum Gasteiger partial charge on any atom is 0.126 e. The number of hydrazine groups is 1. The first kappa shape index (κ1) is 14.4. The first-order valence-corrected chi connectivity index (χ1v) is 6.91. The van der Waals surface area contributed by atoms with Crippen LogP contribution >= 0.6 is 0 Å². The number of halogens is 1. The Kier molecular flexibility index (Phi) is 4.23. The van der Waals surface area contributed by atoms with Gasteiger partial charge in [0.15, 0.2) is 0 Å². The van der Waals surface area contributed by atoms with Gasteiger partial charge in [0.05, 0.1) is 6.04 Å². The van der Waals surface area contributed by atoms with E-state index in [1.54, 1.807) is 6.92 Å². The normalized spacial score (nSPS) is 19.9. The number of hydrogen-bond acceptors (Lipinski definition) is 3. The van der Waals surface area contributed by atoms with Gasteiger partial charge in [-0.25, -0.2) is 4.39 Å². The van der Waals surface area contributed by atoms with Crippen molar-refractivity contribution in [1.29, 1.82) is 0 Å². The Morgan fingerprint density at radius 2 is 1.95 bits per heavy atom. The summed E-state index contributed by atoms with van der Waals surface area (Å²) in [5, 5.41) is 0. The van der Waals surface area contributed by atoms with Crippen molar-refractivity contribution in [2.24, 2.45) is 5.84 Å². The Morgan fingerprint density at radius 3 is 2.42 bits per heavy atom. The number of benzene rings is 1. The van der Waals surface area contributed by atoms with Gasteiger partial charge in [0.2, 0.25) is 0 Å². The highest BCUT2D eigenvalue weighted by Crippen LogP contribution is 2.43. The van der Waals surface area contributed by atoms with Crippen LogP contribution in [0.4, 0.5) is 4.39 Å². The van der Waals surface area contributed by atoms with Crippen LogP contribution in [-0.4, -0.2) is 24.5 Å². The zero-order valence-electron chi connectivity index (χ0n) is 12.0. The number of likely N-dealkylation sites (N-methyl/N-ethyl adjacent to an activating group) is 1. The van der Waals surface area contributed by atoms with Crippen LogP contribution in [0.3, 0.4) is 0 Å². The fourth-order valence-corrected chi connectivity index (χ4v) is 3.39. The van der Waals surface area contributed by atoms with Crippen LogP contribution in [-0.2, 0) is 0 Å². The molecule has 0 radical (unpaired) electrons. The monoisotopic (exact) mass is 265 g/mol. The second-order valence-corrected chi connectivity index (χ2v) is 5.81. The van der Waals surface area contributed by atoms with E-state index in [0.29, 0.717) is 5.56 Å². The molecule has 0 saturated heterocycles. The van der Waals surface area contributed by atoms with Crippen LogP contribution in [0, 0.1) is 12.7 Å².